The average molecular weight is 331 g/mol. The van der Waals surface area contributed by atoms with Crippen molar-refractivity contribution in [1.29, 1.82) is 0 Å². The van der Waals surface area contributed by atoms with Gasteiger partial charge in [0.15, 0.2) is 0 Å². The van der Waals surface area contributed by atoms with Gasteiger partial charge in [-0.25, -0.2) is 0 Å². The second-order valence-electron chi connectivity index (χ2n) is 6.44. The van der Waals surface area contributed by atoms with Crippen LogP contribution in [0, 0.1) is 0 Å². The molecular weight excluding hydrogens is 306 g/mol. The van der Waals surface area contributed by atoms with Crippen LogP contribution in [0.5, 0.6) is 5.75 Å². The zero-order chi connectivity index (χ0) is 16.9. The number of aryl methyl sites for hydroxylation is 1. The third-order valence-corrected chi connectivity index (χ3v) is 4.75. The lowest BCUT2D eigenvalue weighted by Gasteiger charge is -2.23. The number of fused-ring (bicyclic) bond motifs is 1. The molecule has 1 saturated heterocycles. The molecule has 0 aliphatic carbocycles. The molecule has 0 aromatic heterocycles. The van der Waals surface area contributed by atoms with Gasteiger partial charge in [0.25, 0.3) is 0 Å². The molecule has 130 valence electrons. The Morgan fingerprint density at radius 3 is 3.08 bits per heavy atom. The second-order valence-corrected chi connectivity index (χ2v) is 6.44. The number of hydrogen-bond acceptors (Lipinski definition) is 4. The van der Waals surface area contributed by atoms with E-state index in [1.54, 1.807) is 0 Å². The highest BCUT2D eigenvalue weighted by molar-refractivity contribution is 5.94. The maximum absolute atomic E-state index is 12.2. The van der Waals surface area contributed by atoms with E-state index in [0.29, 0.717) is 32.4 Å². The predicted molar refractivity (Wildman–Crippen MR) is 91.9 cm³/mol. The van der Waals surface area contributed by atoms with E-state index in [9.17, 15) is 9.59 Å². The fraction of sp³-hybridized carbons (Fsp3) is 0.556. The molecule has 24 heavy (non-hydrogen) atoms. The first-order valence-corrected chi connectivity index (χ1v) is 8.72. The summed E-state index contributed by atoms with van der Waals surface area (Å²) in [4.78, 5) is 25.5. The molecule has 3 rings (SSSR count). The summed E-state index contributed by atoms with van der Waals surface area (Å²) in [5.74, 6) is 1.03. The van der Waals surface area contributed by atoms with Crippen molar-refractivity contribution in [3.63, 3.8) is 0 Å². The Labute approximate surface area is 142 Å². The summed E-state index contributed by atoms with van der Waals surface area (Å²) in [6.07, 6.45) is 4.52. The molecule has 1 fully saturated rings. The van der Waals surface area contributed by atoms with Crippen molar-refractivity contribution in [2.24, 2.45) is 5.73 Å². The van der Waals surface area contributed by atoms with Crippen LogP contribution in [0.3, 0.4) is 0 Å². The Balaban J connectivity index is 1.44. The molecule has 2 amide bonds. The van der Waals surface area contributed by atoms with Gasteiger partial charge in [-0.05, 0) is 49.4 Å². The molecule has 2 aliphatic rings. The minimum Gasteiger partial charge on any atom is -0.494 e. The first kappa shape index (κ1) is 16.8. The smallest absolute Gasteiger partial charge is 0.224 e. The van der Waals surface area contributed by atoms with E-state index in [1.165, 1.54) is 0 Å². The first-order chi connectivity index (χ1) is 11.7. The molecule has 0 saturated carbocycles. The number of anilines is 1. The van der Waals surface area contributed by atoms with Gasteiger partial charge in [0.2, 0.25) is 11.8 Å². The second kappa shape index (κ2) is 7.66. The molecule has 1 aromatic carbocycles. The highest BCUT2D eigenvalue weighted by Gasteiger charge is 2.26. The largest absolute Gasteiger partial charge is 0.494 e. The van der Waals surface area contributed by atoms with Crippen LogP contribution in [0.15, 0.2) is 18.2 Å². The number of rotatable bonds is 6. The number of carbonyl (C=O) groups excluding carboxylic acids is 2. The Morgan fingerprint density at radius 1 is 1.38 bits per heavy atom. The topological polar surface area (TPSA) is 84.7 Å². The minimum absolute atomic E-state index is 0.0624. The summed E-state index contributed by atoms with van der Waals surface area (Å²) in [6.45, 7) is 1.89. The number of amides is 2. The third-order valence-electron chi connectivity index (χ3n) is 4.75. The lowest BCUT2D eigenvalue weighted by atomic mass is 10.0. The standard InChI is InChI=1S/C18H25N3O3/c19-12-14-3-1-9-21(14)18(23)4-2-10-24-15-6-7-16-13(11-15)5-8-17(22)20-16/h6-7,11,14H,1-5,8-10,12,19H2,(H,20,22). The monoisotopic (exact) mass is 331 g/mol. The lowest BCUT2D eigenvalue weighted by Crippen LogP contribution is -2.39. The van der Waals surface area contributed by atoms with Gasteiger partial charge >= 0.3 is 0 Å². The average Bonchev–Trinajstić information content (AvgIpc) is 3.07. The van der Waals surface area contributed by atoms with Crippen molar-refractivity contribution in [2.75, 3.05) is 25.0 Å². The molecule has 2 aliphatic heterocycles. The molecule has 6 nitrogen and oxygen atoms in total. The van der Waals surface area contributed by atoms with Crippen molar-refractivity contribution >= 4 is 17.5 Å². The van der Waals surface area contributed by atoms with E-state index >= 15 is 0 Å². The molecule has 0 spiro atoms. The summed E-state index contributed by atoms with van der Waals surface area (Å²) in [6, 6.07) is 5.93. The van der Waals surface area contributed by atoms with E-state index in [4.69, 9.17) is 10.5 Å². The molecular formula is C18H25N3O3. The molecule has 1 aromatic rings. The molecule has 1 unspecified atom stereocenters. The van der Waals surface area contributed by atoms with Gasteiger partial charge in [-0.2, -0.15) is 0 Å². The van der Waals surface area contributed by atoms with Gasteiger partial charge in [-0.15, -0.1) is 0 Å². The van der Waals surface area contributed by atoms with Crippen LogP contribution in [-0.4, -0.2) is 42.5 Å². The van der Waals surface area contributed by atoms with Crippen molar-refractivity contribution in [3.05, 3.63) is 23.8 Å². The molecule has 0 radical (unpaired) electrons. The van der Waals surface area contributed by atoms with Gasteiger partial charge in [0.05, 0.1) is 6.61 Å². The van der Waals surface area contributed by atoms with E-state index in [0.717, 1.165) is 42.8 Å². The van der Waals surface area contributed by atoms with Crippen molar-refractivity contribution in [1.82, 2.24) is 4.90 Å². The van der Waals surface area contributed by atoms with Gasteiger partial charge in [0, 0.05) is 37.7 Å². The van der Waals surface area contributed by atoms with Crippen LogP contribution in [0.2, 0.25) is 0 Å². The van der Waals surface area contributed by atoms with Crippen LogP contribution < -0.4 is 15.8 Å². The predicted octanol–water partition coefficient (Wildman–Crippen LogP) is 1.68. The number of hydrogen-bond donors (Lipinski definition) is 2. The highest BCUT2D eigenvalue weighted by Crippen LogP contribution is 2.27. The van der Waals surface area contributed by atoms with Crippen molar-refractivity contribution in [3.8, 4) is 5.75 Å². The van der Waals surface area contributed by atoms with Crippen LogP contribution in [-0.2, 0) is 16.0 Å². The van der Waals surface area contributed by atoms with Crippen LogP contribution in [0.1, 0.15) is 37.7 Å². The number of carbonyl (C=O) groups is 2. The van der Waals surface area contributed by atoms with E-state index in [2.05, 4.69) is 5.32 Å². The molecule has 0 bridgehead atoms. The maximum atomic E-state index is 12.2. The van der Waals surface area contributed by atoms with E-state index in [1.807, 2.05) is 23.1 Å². The van der Waals surface area contributed by atoms with E-state index in [-0.39, 0.29) is 17.9 Å². The number of likely N-dealkylation sites (tertiary alicyclic amines) is 1. The number of benzene rings is 1. The summed E-state index contributed by atoms with van der Waals surface area (Å²) in [5, 5.41) is 2.86. The summed E-state index contributed by atoms with van der Waals surface area (Å²) in [5.41, 5.74) is 7.69. The maximum Gasteiger partial charge on any atom is 0.224 e. The van der Waals surface area contributed by atoms with Crippen molar-refractivity contribution < 1.29 is 14.3 Å². The van der Waals surface area contributed by atoms with E-state index < -0.39 is 0 Å². The van der Waals surface area contributed by atoms with Crippen LogP contribution in [0.4, 0.5) is 5.69 Å². The number of ether oxygens (including phenoxy) is 1. The number of nitrogens with one attached hydrogen (secondary N) is 1. The van der Waals surface area contributed by atoms with Crippen LogP contribution in [0.25, 0.3) is 0 Å². The first-order valence-electron chi connectivity index (χ1n) is 8.72. The fourth-order valence-electron chi connectivity index (χ4n) is 3.42. The summed E-state index contributed by atoms with van der Waals surface area (Å²) in [7, 11) is 0. The summed E-state index contributed by atoms with van der Waals surface area (Å²) >= 11 is 0. The zero-order valence-corrected chi connectivity index (χ0v) is 13.9. The van der Waals surface area contributed by atoms with Crippen LogP contribution >= 0.6 is 0 Å². The Bertz CT molecular complexity index is 618. The third kappa shape index (κ3) is 3.87. The fourth-order valence-corrected chi connectivity index (χ4v) is 3.42. The molecule has 2 heterocycles. The normalized spacial score (nSPS) is 19.8. The Kier molecular flexibility index (Phi) is 5.35. The summed E-state index contributed by atoms with van der Waals surface area (Å²) < 4.78 is 5.76. The molecule has 3 N–H and O–H groups in total. The number of nitrogens with zero attached hydrogens (tertiary/aromatic N) is 1. The van der Waals surface area contributed by atoms with Gasteiger partial charge < -0.3 is 20.7 Å². The molecule has 1 atom stereocenters. The Morgan fingerprint density at radius 2 is 2.25 bits per heavy atom. The highest BCUT2D eigenvalue weighted by atomic mass is 16.5. The number of nitrogens with two attached hydrogens (primary N) is 1. The van der Waals surface area contributed by atoms with Gasteiger partial charge in [-0.1, -0.05) is 0 Å². The Hall–Kier alpha value is -2.08. The lowest BCUT2D eigenvalue weighted by molar-refractivity contribution is -0.132. The van der Waals surface area contributed by atoms with Gasteiger partial charge in [0.1, 0.15) is 5.75 Å². The SMILES string of the molecule is NCC1CCCN1C(=O)CCCOc1ccc2c(c1)CCC(=O)N2. The zero-order valence-electron chi connectivity index (χ0n) is 13.9. The quantitative estimate of drug-likeness (QED) is 0.777. The minimum atomic E-state index is 0.0624. The van der Waals surface area contributed by atoms with Gasteiger partial charge in [-0.3, -0.25) is 9.59 Å². The van der Waals surface area contributed by atoms with Crippen molar-refractivity contribution in [2.45, 2.75) is 44.6 Å². The molecule has 6 heteroatoms.